The van der Waals surface area contributed by atoms with Crippen molar-refractivity contribution in [3.8, 4) is 0 Å². The van der Waals surface area contributed by atoms with Crippen LogP contribution in [0.3, 0.4) is 0 Å². The highest BCUT2D eigenvalue weighted by Gasteiger charge is 2.14. The van der Waals surface area contributed by atoms with Gasteiger partial charge in [0.1, 0.15) is 0 Å². The molecule has 0 aliphatic rings. The van der Waals surface area contributed by atoms with Crippen LogP contribution in [0.25, 0.3) is 0 Å². The normalized spacial score (nSPS) is 17.1. The van der Waals surface area contributed by atoms with Gasteiger partial charge in [-0.1, -0.05) is 6.92 Å². The highest BCUT2D eigenvalue weighted by atomic mass is 16.3. The summed E-state index contributed by atoms with van der Waals surface area (Å²) >= 11 is 0. The maximum atomic E-state index is 9.44. The lowest BCUT2D eigenvalue weighted by Crippen LogP contribution is -2.37. The van der Waals surface area contributed by atoms with Crippen molar-refractivity contribution in [1.29, 1.82) is 0 Å². The molecule has 0 aliphatic heterocycles. The van der Waals surface area contributed by atoms with Crippen LogP contribution in [0.15, 0.2) is 0 Å². The number of aliphatic hydroxyl groups excluding tert-OH is 1. The standard InChI is InChI=1S/C10H23NO2/c1-8(7-12)9(2)11-6-5-10(3,4)13/h8-9,11-13H,5-7H2,1-4H3. The summed E-state index contributed by atoms with van der Waals surface area (Å²) in [5.74, 6) is 0.266. The SMILES string of the molecule is CC(CO)C(C)NCCC(C)(C)O. The molecule has 3 heteroatoms. The van der Waals surface area contributed by atoms with Crippen molar-refractivity contribution in [2.45, 2.75) is 45.8 Å². The van der Waals surface area contributed by atoms with Crippen molar-refractivity contribution in [1.82, 2.24) is 5.32 Å². The second-order valence-electron chi connectivity index (χ2n) is 4.47. The molecule has 13 heavy (non-hydrogen) atoms. The number of hydrogen-bond donors (Lipinski definition) is 3. The lowest BCUT2D eigenvalue weighted by atomic mass is 10.0. The highest BCUT2D eigenvalue weighted by molar-refractivity contribution is 4.71. The Balaban J connectivity index is 3.53. The smallest absolute Gasteiger partial charge is 0.0603 e. The minimum Gasteiger partial charge on any atom is -0.396 e. The number of aliphatic hydroxyl groups is 2. The molecule has 0 aliphatic carbocycles. The van der Waals surface area contributed by atoms with Crippen LogP contribution in [0.2, 0.25) is 0 Å². The van der Waals surface area contributed by atoms with E-state index in [2.05, 4.69) is 5.32 Å². The van der Waals surface area contributed by atoms with Gasteiger partial charge in [0.05, 0.1) is 5.60 Å². The third-order valence-electron chi connectivity index (χ3n) is 2.34. The van der Waals surface area contributed by atoms with Crippen LogP contribution >= 0.6 is 0 Å². The van der Waals surface area contributed by atoms with Crippen molar-refractivity contribution in [2.75, 3.05) is 13.2 Å². The van der Waals surface area contributed by atoms with Gasteiger partial charge in [-0.15, -0.1) is 0 Å². The molecule has 3 nitrogen and oxygen atoms in total. The quantitative estimate of drug-likeness (QED) is 0.578. The molecule has 0 bridgehead atoms. The molecular formula is C10H23NO2. The third kappa shape index (κ3) is 6.99. The van der Waals surface area contributed by atoms with E-state index < -0.39 is 5.60 Å². The van der Waals surface area contributed by atoms with E-state index >= 15 is 0 Å². The van der Waals surface area contributed by atoms with Crippen LogP contribution in [-0.4, -0.2) is 35.0 Å². The molecule has 0 saturated heterocycles. The van der Waals surface area contributed by atoms with Gasteiger partial charge in [0.15, 0.2) is 0 Å². The van der Waals surface area contributed by atoms with Gasteiger partial charge in [-0.25, -0.2) is 0 Å². The number of nitrogens with one attached hydrogen (secondary N) is 1. The van der Waals surface area contributed by atoms with Crippen LogP contribution < -0.4 is 5.32 Å². The van der Waals surface area contributed by atoms with Gasteiger partial charge >= 0.3 is 0 Å². The predicted molar refractivity (Wildman–Crippen MR) is 54.6 cm³/mol. The van der Waals surface area contributed by atoms with Crippen molar-refractivity contribution >= 4 is 0 Å². The van der Waals surface area contributed by atoms with Gasteiger partial charge in [-0.05, 0) is 39.7 Å². The summed E-state index contributed by atoms with van der Waals surface area (Å²) in [6.07, 6.45) is 0.732. The maximum Gasteiger partial charge on any atom is 0.0603 e. The zero-order chi connectivity index (χ0) is 10.5. The van der Waals surface area contributed by atoms with Crippen molar-refractivity contribution in [3.05, 3.63) is 0 Å². The summed E-state index contributed by atoms with van der Waals surface area (Å²) < 4.78 is 0. The lowest BCUT2D eigenvalue weighted by molar-refractivity contribution is 0.0694. The second kappa shape index (κ2) is 5.58. The Kier molecular flexibility index (Phi) is 5.53. The number of hydrogen-bond acceptors (Lipinski definition) is 3. The summed E-state index contributed by atoms with van der Waals surface area (Å²) in [6, 6.07) is 0.298. The molecule has 2 atom stereocenters. The molecule has 2 unspecified atom stereocenters. The van der Waals surface area contributed by atoms with E-state index in [1.165, 1.54) is 0 Å². The zero-order valence-electron chi connectivity index (χ0n) is 9.17. The molecule has 0 aromatic heterocycles. The Morgan fingerprint density at radius 1 is 1.31 bits per heavy atom. The lowest BCUT2D eigenvalue weighted by Gasteiger charge is -2.22. The van der Waals surface area contributed by atoms with Crippen molar-refractivity contribution in [2.24, 2.45) is 5.92 Å². The Hall–Kier alpha value is -0.120. The first-order valence-electron chi connectivity index (χ1n) is 4.93. The molecule has 80 valence electrons. The van der Waals surface area contributed by atoms with Gasteiger partial charge in [0.25, 0.3) is 0 Å². The van der Waals surface area contributed by atoms with Crippen molar-refractivity contribution < 1.29 is 10.2 Å². The Labute approximate surface area is 81.2 Å². The van der Waals surface area contributed by atoms with Crippen LogP contribution in [0.4, 0.5) is 0 Å². The Morgan fingerprint density at radius 3 is 2.23 bits per heavy atom. The molecular weight excluding hydrogens is 166 g/mol. The van der Waals surface area contributed by atoms with E-state index in [9.17, 15) is 5.11 Å². The summed E-state index contributed by atoms with van der Waals surface area (Å²) in [6.45, 7) is 8.64. The average Bonchev–Trinajstić information content (AvgIpc) is 2.00. The van der Waals surface area contributed by atoms with Crippen LogP contribution in [0.5, 0.6) is 0 Å². The first-order chi connectivity index (χ1) is 5.87. The van der Waals surface area contributed by atoms with E-state index in [4.69, 9.17) is 5.11 Å². The summed E-state index contributed by atoms with van der Waals surface area (Å²) in [4.78, 5) is 0. The fraction of sp³-hybridized carbons (Fsp3) is 1.00. The molecule has 0 aromatic rings. The van der Waals surface area contributed by atoms with E-state index in [1.54, 1.807) is 13.8 Å². The molecule has 3 N–H and O–H groups in total. The van der Waals surface area contributed by atoms with E-state index in [-0.39, 0.29) is 12.5 Å². The Morgan fingerprint density at radius 2 is 1.85 bits per heavy atom. The fourth-order valence-corrected chi connectivity index (χ4v) is 0.965. The molecule has 0 fully saturated rings. The molecule has 0 spiro atoms. The summed E-state index contributed by atoms with van der Waals surface area (Å²) in [7, 11) is 0. The summed E-state index contributed by atoms with van der Waals surface area (Å²) in [5.41, 5.74) is -0.602. The maximum absolute atomic E-state index is 9.44. The molecule has 0 heterocycles. The van der Waals surface area contributed by atoms with Crippen LogP contribution in [0, 0.1) is 5.92 Å². The van der Waals surface area contributed by atoms with Crippen LogP contribution in [-0.2, 0) is 0 Å². The molecule has 0 radical (unpaired) electrons. The first kappa shape index (κ1) is 12.9. The Bertz CT molecular complexity index is 131. The fourth-order valence-electron chi connectivity index (χ4n) is 0.965. The van der Waals surface area contributed by atoms with Gasteiger partial charge in [0, 0.05) is 12.6 Å². The predicted octanol–water partition coefficient (Wildman–Crippen LogP) is 0.754. The van der Waals surface area contributed by atoms with E-state index in [1.807, 2.05) is 13.8 Å². The second-order valence-corrected chi connectivity index (χ2v) is 4.47. The van der Waals surface area contributed by atoms with Crippen molar-refractivity contribution in [3.63, 3.8) is 0 Å². The van der Waals surface area contributed by atoms with Gasteiger partial charge in [-0.2, -0.15) is 0 Å². The molecule has 0 aromatic carbocycles. The number of rotatable bonds is 6. The zero-order valence-corrected chi connectivity index (χ0v) is 9.17. The minimum atomic E-state index is -0.602. The topological polar surface area (TPSA) is 52.5 Å². The highest BCUT2D eigenvalue weighted by Crippen LogP contribution is 2.06. The molecule has 0 amide bonds. The van der Waals surface area contributed by atoms with Gasteiger partial charge in [-0.3, -0.25) is 0 Å². The monoisotopic (exact) mass is 189 g/mol. The average molecular weight is 189 g/mol. The van der Waals surface area contributed by atoms with E-state index in [0.29, 0.717) is 6.04 Å². The van der Waals surface area contributed by atoms with Crippen LogP contribution in [0.1, 0.15) is 34.1 Å². The molecule has 0 saturated carbocycles. The van der Waals surface area contributed by atoms with E-state index in [0.717, 1.165) is 13.0 Å². The minimum absolute atomic E-state index is 0.205. The molecule has 0 rings (SSSR count). The van der Waals surface area contributed by atoms with Gasteiger partial charge < -0.3 is 15.5 Å². The third-order valence-corrected chi connectivity index (χ3v) is 2.34. The summed E-state index contributed by atoms with van der Waals surface area (Å²) in [5, 5.41) is 21.6. The largest absolute Gasteiger partial charge is 0.396 e. The van der Waals surface area contributed by atoms with Gasteiger partial charge in [0.2, 0.25) is 0 Å². The first-order valence-corrected chi connectivity index (χ1v) is 4.93.